The Hall–Kier alpha value is -1.78. The van der Waals surface area contributed by atoms with Crippen LogP contribution >= 0.6 is 0 Å². The molecule has 1 rings (SSSR count). The Kier molecular flexibility index (Phi) is 5.36. The van der Waals surface area contributed by atoms with Crippen LogP contribution in [0.1, 0.15) is 47.0 Å². The number of allylic oxidation sites excluding steroid dienone is 1. The number of nitrogens with one attached hydrogen (secondary N) is 2. The molecule has 0 aromatic carbocycles. The Morgan fingerprint density at radius 1 is 1.50 bits per heavy atom. The van der Waals surface area contributed by atoms with E-state index < -0.39 is 0 Å². The summed E-state index contributed by atoms with van der Waals surface area (Å²) in [5.41, 5.74) is 0.479. The number of hydrogen-bond donors (Lipinski definition) is 2. The molecule has 0 spiro atoms. The van der Waals surface area contributed by atoms with Crippen LogP contribution in [0.2, 0.25) is 0 Å². The molecule has 2 amide bonds. The molecule has 5 nitrogen and oxygen atoms in total. The minimum Gasteiger partial charge on any atom is -0.296 e. The summed E-state index contributed by atoms with van der Waals surface area (Å²) < 4.78 is 0. The summed E-state index contributed by atoms with van der Waals surface area (Å²) in [5, 5.41) is 10.3. The van der Waals surface area contributed by atoms with Crippen LogP contribution < -0.4 is 5.32 Å². The van der Waals surface area contributed by atoms with Gasteiger partial charge in [-0.25, -0.2) is 4.99 Å². The Balaban J connectivity index is 2.81. The zero-order valence-electron chi connectivity index (χ0n) is 12.6. The molecule has 1 unspecified atom stereocenters. The molecule has 0 aromatic rings. The Morgan fingerprint density at radius 3 is 2.65 bits per heavy atom. The summed E-state index contributed by atoms with van der Waals surface area (Å²) in [6.07, 6.45) is 5.07. The van der Waals surface area contributed by atoms with Crippen molar-refractivity contribution in [2.24, 2.45) is 16.3 Å². The fourth-order valence-electron chi connectivity index (χ4n) is 1.86. The minimum atomic E-state index is -0.348. The third-order valence-corrected chi connectivity index (χ3v) is 3.84. The number of amides is 2. The van der Waals surface area contributed by atoms with Crippen molar-refractivity contribution in [3.63, 3.8) is 0 Å². The number of carbonyl (C=O) groups is 2. The van der Waals surface area contributed by atoms with Gasteiger partial charge in [-0.2, -0.15) is 0 Å². The zero-order valence-corrected chi connectivity index (χ0v) is 12.6. The largest absolute Gasteiger partial charge is 0.296 e. The maximum absolute atomic E-state index is 11.8. The van der Waals surface area contributed by atoms with Crippen molar-refractivity contribution in [3.8, 4) is 0 Å². The molecule has 1 saturated heterocycles. The van der Waals surface area contributed by atoms with Gasteiger partial charge < -0.3 is 0 Å². The molecule has 20 heavy (non-hydrogen) atoms. The predicted molar refractivity (Wildman–Crippen MR) is 79.9 cm³/mol. The second kappa shape index (κ2) is 6.59. The molecule has 110 valence electrons. The molecule has 1 fully saturated rings. The van der Waals surface area contributed by atoms with Crippen LogP contribution in [-0.2, 0) is 9.59 Å². The predicted octanol–water partition coefficient (Wildman–Crippen LogP) is 2.47. The standard InChI is InChI=1S/C15H23N3O2/c1-5-10(9-17-14(16)15(3,4)6-2)11-7-8-12(19)18-13(11)20/h5,9,11,16H,6-8H2,1-4H3,(H,18,19,20)/b10-5+,16-14?,17-9-. The number of piperidine rings is 1. The van der Waals surface area contributed by atoms with Crippen molar-refractivity contribution >= 4 is 23.9 Å². The van der Waals surface area contributed by atoms with Crippen LogP contribution in [0.5, 0.6) is 0 Å². The van der Waals surface area contributed by atoms with E-state index in [1.54, 1.807) is 6.21 Å². The lowest BCUT2D eigenvalue weighted by molar-refractivity contribution is -0.135. The van der Waals surface area contributed by atoms with Crippen molar-refractivity contribution in [2.75, 3.05) is 0 Å². The topological polar surface area (TPSA) is 82.4 Å². The molecule has 0 aromatic heterocycles. The van der Waals surface area contributed by atoms with Gasteiger partial charge >= 0.3 is 0 Å². The zero-order chi connectivity index (χ0) is 15.3. The van der Waals surface area contributed by atoms with Crippen LogP contribution in [0.4, 0.5) is 0 Å². The second-order valence-electron chi connectivity index (χ2n) is 5.64. The van der Waals surface area contributed by atoms with Crippen molar-refractivity contribution in [1.29, 1.82) is 5.41 Å². The monoisotopic (exact) mass is 277 g/mol. The normalized spacial score (nSPS) is 21.2. The molecule has 1 heterocycles. The number of amidine groups is 1. The van der Waals surface area contributed by atoms with E-state index in [4.69, 9.17) is 5.41 Å². The van der Waals surface area contributed by atoms with E-state index in [0.717, 1.165) is 12.0 Å². The number of carbonyl (C=O) groups excluding carboxylic acids is 2. The first kappa shape index (κ1) is 16.3. The van der Waals surface area contributed by atoms with Gasteiger partial charge in [0.15, 0.2) is 0 Å². The van der Waals surface area contributed by atoms with E-state index in [2.05, 4.69) is 10.3 Å². The smallest absolute Gasteiger partial charge is 0.234 e. The van der Waals surface area contributed by atoms with Gasteiger partial charge in [-0.1, -0.05) is 26.8 Å². The third-order valence-electron chi connectivity index (χ3n) is 3.84. The molecule has 0 aliphatic carbocycles. The summed E-state index contributed by atoms with van der Waals surface area (Å²) in [4.78, 5) is 27.2. The first-order valence-corrected chi connectivity index (χ1v) is 6.94. The number of hydrogen-bond acceptors (Lipinski definition) is 3. The van der Waals surface area contributed by atoms with Crippen molar-refractivity contribution in [3.05, 3.63) is 11.6 Å². The summed E-state index contributed by atoms with van der Waals surface area (Å²) in [6.45, 7) is 7.78. The van der Waals surface area contributed by atoms with Crippen LogP contribution in [0.3, 0.4) is 0 Å². The fraction of sp³-hybridized carbons (Fsp3) is 0.600. The third kappa shape index (κ3) is 3.85. The maximum Gasteiger partial charge on any atom is 0.234 e. The van der Waals surface area contributed by atoms with Gasteiger partial charge in [-0.3, -0.25) is 20.3 Å². The van der Waals surface area contributed by atoms with E-state index in [9.17, 15) is 9.59 Å². The molecule has 5 heteroatoms. The highest BCUT2D eigenvalue weighted by Gasteiger charge is 2.29. The number of nitrogens with zero attached hydrogens (tertiary/aromatic N) is 1. The lowest BCUT2D eigenvalue weighted by Crippen LogP contribution is -2.41. The Labute approximate surface area is 120 Å². The van der Waals surface area contributed by atoms with Gasteiger partial charge in [0.25, 0.3) is 0 Å². The van der Waals surface area contributed by atoms with Gasteiger partial charge in [0, 0.05) is 18.1 Å². The van der Waals surface area contributed by atoms with Crippen molar-refractivity contribution in [2.45, 2.75) is 47.0 Å². The van der Waals surface area contributed by atoms with E-state index in [0.29, 0.717) is 18.7 Å². The molecule has 1 aliphatic heterocycles. The highest BCUT2D eigenvalue weighted by atomic mass is 16.2. The van der Waals surface area contributed by atoms with E-state index in [1.807, 2.05) is 33.8 Å². The Morgan fingerprint density at radius 2 is 2.15 bits per heavy atom. The highest BCUT2D eigenvalue weighted by molar-refractivity contribution is 6.04. The van der Waals surface area contributed by atoms with E-state index in [-0.39, 0.29) is 23.1 Å². The number of aliphatic imine (C=N–C) groups is 1. The van der Waals surface area contributed by atoms with E-state index >= 15 is 0 Å². The van der Waals surface area contributed by atoms with Crippen LogP contribution in [-0.4, -0.2) is 23.9 Å². The Bertz CT molecular complexity index is 476. The molecule has 1 aliphatic rings. The average molecular weight is 277 g/mol. The van der Waals surface area contributed by atoms with Crippen LogP contribution in [0.15, 0.2) is 16.6 Å². The highest BCUT2D eigenvalue weighted by Crippen LogP contribution is 2.23. The number of rotatable bonds is 4. The molecule has 2 N–H and O–H groups in total. The second-order valence-corrected chi connectivity index (χ2v) is 5.64. The molecular formula is C15H23N3O2. The van der Waals surface area contributed by atoms with Gasteiger partial charge in [-0.05, 0) is 25.3 Å². The van der Waals surface area contributed by atoms with E-state index in [1.165, 1.54) is 0 Å². The van der Waals surface area contributed by atoms with Gasteiger partial charge in [-0.15, -0.1) is 0 Å². The molecule has 1 atom stereocenters. The lowest BCUT2D eigenvalue weighted by atomic mass is 9.88. The quantitative estimate of drug-likeness (QED) is 0.470. The van der Waals surface area contributed by atoms with Crippen LogP contribution in [0.25, 0.3) is 0 Å². The fourth-order valence-corrected chi connectivity index (χ4v) is 1.86. The minimum absolute atomic E-state index is 0.224. The first-order valence-electron chi connectivity index (χ1n) is 6.94. The summed E-state index contributed by atoms with van der Waals surface area (Å²) in [6, 6.07) is 0. The summed E-state index contributed by atoms with van der Waals surface area (Å²) in [7, 11) is 0. The van der Waals surface area contributed by atoms with Gasteiger partial charge in [0.1, 0.15) is 5.84 Å². The summed E-state index contributed by atoms with van der Waals surface area (Å²) >= 11 is 0. The van der Waals surface area contributed by atoms with Gasteiger partial charge in [0.05, 0.1) is 5.92 Å². The van der Waals surface area contributed by atoms with Crippen LogP contribution in [0, 0.1) is 16.7 Å². The summed E-state index contributed by atoms with van der Waals surface area (Å²) in [5.74, 6) is -0.550. The lowest BCUT2D eigenvalue weighted by Gasteiger charge is -2.23. The molecule has 0 bridgehead atoms. The average Bonchev–Trinajstić information content (AvgIpc) is 2.40. The molecular weight excluding hydrogens is 254 g/mol. The maximum atomic E-state index is 11.8. The number of imide groups is 1. The van der Waals surface area contributed by atoms with Crippen molar-refractivity contribution in [1.82, 2.24) is 5.32 Å². The SMILES string of the molecule is C/C=C(\C=N/C(=N)C(C)(C)CC)C1CCC(=O)NC1=O. The van der Waals surface area contributed by atoms with Crippen molar-refractivity contribution < 1.29 is 9.59 Å². The first-order chi connectivity index (χ1) is 9.31. The molecule has 0 saturated carbocycles. The van der Waals surface area contributed by atoms with Gasteiger partial charge in [0.2, 0.25) is 11.8 Å². The molecule has 0 radical (unpaired) electrons.